The summed E-state index contributed by atoms with van der Waals surface area (Å²) >= 11 is 0. The fraction of sp³-hybridized carbons (Fsp3) is 0.417. The maximum absolute atomic E-state index is 11.6. The van der Waals surface area contributed by atoms with Gasteiger partial charge in [0.05, 0.1) is 24.2 Å². The van der Waals surface area contributed by atoms with E-state index in [9.17, 15) is 4.79 Å². The molecular weight excluding hydrogens is 246 g/mol. The summed E-state index contributed by atoms with van der Waals surface area (Å²) in [6.07, 6.45) is 1.60. The van der Waals surface area contributed by atoms with Gasteiger partial charge in [-0.15, -0.1) is 0 Å². The first kappa shape index (κ1) is 13.4. The van der Waals surface area contributed by atoms with Gasteiger partial charge in [0.1, 0.15) is 6.61 Å². The highest BCUT2D eigenvalue weighted by Gasteiger charge is 2.08. The topological polar surface area (TPSA) is 95.1 Å². The first-order valence-corrected chi connectivity index (χ1v) is 5.99. The number of hydrogen-bond donors (Lipinski definition) is 2. The molecule has 102 valence electrons. The van der Waals surface area contributed by atoms with Crippen molar-refractivity contribution in [2.45, 2.75) is 6.92 Å². The third kappa shape index (κ3) is 3.07. The van der Waals surface area contributed by atoms with Crippen LogP contribution in [-0.4, -0.2) is 40.4 Å². The van der Waals surface area contributed by atoms with Gasteiger partial charge in [0.15, 0.2) is 5.65 Å². The van der Waals surface area contributed by atoms with E-state index in [1.807, 2.05) is 20.0 Å². The average Bonchev–Trinajstić information content (AvgIpc) is 2.65. The number of anilines is 1. The molecule has 3 N–H and O–H groups in total. The van der Waals surface area contributed by atoms with E-state index in [4.69, 9.17) is 10.5 Å². The fourth-order valence-corrected chi connectivity index (χ4v) is 1.82. The van der Waals surface area contributed by atoms with Crippen LogP contribution in [-0.2, 0) is 16.6 Å². The number of carbonyl (C=O) groups excluding carboxylic acids is 1. The Bertz CT molecular complexity index is 593. The monoisotopic (exact) mass is 263 g/mol. The Labute approximate surface area is 110 Å². The number of rotatable bonds is 5. The lowest BCUT2D eigenvalue weighted by atomic mass is 10.2. The lowest BCUT2D eigenvalue weighted by molar-refractivity contribution is -0.120. The molecule has 0 aliphatic heterocycles. The average molecular weight is 263 g/mol. The largest absolute Gasteiger partial charge is 0.370 e. The number of aromatic nitrogens is 3. The van der Waals surface area contributed by atoms with Crippen LogP contribution in [0.25, 0.3) is 11.0 Å². The zero-order valence-corrected chi connectivity index (χ0v) is 11.0. The fourth-order valence-electron chi connectivity index (χ4n) is 1.82. The standard InChI is InChI=1S/C12H17N5O2/c1-8-10-5-9(6-14-12(10)17(2)16-8)15-11(18)7-19-4-3-13/h5-6H,3-4,7,13H2,1-2H3,(H,15,18). The van der Waals surface area contributed by atoms with E-state index in [2.05, 4.69) is 15.4 Å². The number of fused-ring (bicyclic) bond motifs is 1. The van der Waals surface area contributed by atoms with E-state index in [1.165, 1.54) is 0 Å². The van der Waals surface area contributed by atoms with Crippen molar-refractivity contribution in [3.63, 3.8) is 0 Å². The van der Waals surface area contributed by atoms with Crippen LogP contribution in [0.2, 0.25) is 0 Å². The van der Waals surface area contributed by atoms with Gasteiger partial charge in [-0.05, 0) is 13.0 Å². The number of amides is 1. The molecule has 0 bridgehead atoms. The molecule has 7 nitrogen and oxygen atoms in total. The van der Waals surface area contributed by atoms with Gasteiger partial charge in [-0.1, -0.05) is 0 Å². The molecule has 0 aromatic carbocycles. The van der Waals surface area contributed by atoms with E-state index < -0.39 is 0 Å². The number of pyridine rings is 1. The second-order valence-electron chi connectivity index (χ2n) is 4.19. The third-order valence-corrected chi connectivity index (χ3v) is 2.64. The molecule has 0 saturated heterocycles. The van der Waals surface area contributed by atoms with E-state index in [0.717, 1.165) is 16.7 Å². The molecule has 7 heteroatoms. The summed E-state index contributed by atoms with van der Waals surface area (Å²) in [5, 5.41) is 7.92. The van der Waals surface area contributed by atoms with Gasteiger partial charge in [0, 0.05) is 19.0 Å². The van der Waals surface area contributed by atoms with Crippen LogP contribution >= 0.6 is 0 Å². The van der Waals surface area contributed by atoms with Gasteiger partial charge in [-0.25, -0.2) is 4.98 Å². The minimum absolute atomic E-state index is 0.0126. The molecule has 2 heterocycles. The van der Waals surface area contributed by atoms with Gasteiger partial charge >= 0.3 is 0 Å². The molecule has 0 atom stereocenters. The van der Waals surface area contributed by atoms with Crippen LogP contribution in [0.5, 0.6) is 0 Å². The molecule has 0 radical (unpaired) electrons. The Kier molecular flexibility index (Phi) is 4.08. The summed E-state index contributed by atoms with van der Waals surface area (Å²) in [5.41, 5.74) is 7.56. The molecule has 0 spiro atoms. The summed E-state index contributed by atoms with van der Waals surface area (Å²) in [4.78, 5) is 15.9. The number of nitrogens with two attached hydrogens (primary N) is 1. The number of aryl methyl sites for hydroxylation is 2. The Morgan fingerprint density at radius 2 is 2.37 bits per heavy atom. The van der Waals surface area contributed by atoms with Crippen molar-refractivity contribution in [1.82, 2.24) is 14.8 Å². The molecule has 0 saturated carbocycles. The molecule has 0 aliphatic rings. The lowest BCUT2D eigenvalue weighted by Gasteiger charge is -2.05. The third-order valence-electron chi connectivity index (χ3n) is 2.64. The normalized spacial score (nSPS) is 10.9. The Morgan fingerprint density at radius 3 is 3.11 bits per heavy atom. The van der Waals surface area contributed by atoms with Gasteiger partial charge in [0.25, 0.3) is 0 Å². The minimum atomic E-state index is -0.226. The number of hydrogen-bond acceptors (Lipinski definition) is 5. The van der Waals surface area contributed by atoms with Crippen LogP contribution in [0.3, 0.4) is 0 Å². The van der Waals surface area contributed by atoms with E-state index in [0.29, 0.717) is 18.8 Å². The van der Waals surface area contributed by atoms with Crippen molar-refractivity contribution in [2.24, 2.45) is 12.8 Å². The molecule has 1 amide bonds. The van der Waals surface area contributed by atoms with Crippen molar-refractivity contribution in [1.29, 1.82) is 0 Å². The maximum atomic E-state index is 11.6. The summed E-state index contributed by atoms with van der Waals surface area (Å²) in [6, 6.07) is 1.85. The van der Waals surface area contributed by atoms with Gasteiger partial charge in [-0.2, -0.15) is 5.10 Å². The molecular formula is C12H17N5O2. The molecule has 0 aliphatic carbocycles. The molecule has 2 aromatic rings. The van der Waals surface area contributed by atoms with Crippen LogP contribution in [0.15, 0.2) is 12.3 Å². The van der Waals surface area contributed by atoms with Crippen LogP contribution in [0.1, 0.15) is 5.69 Å². The Hall–Kier alpha value is -1.99. The summed E-state index contributed by atoms with van der Waals surface area (Å²) < 4.78 is 6.77. The molecule has 0 unspecified atom stereocenters. The molecule has 0 fully saturated rings. The second-order valence-corrected chi connectivity index (χ2v) is 4.19. The minimum Gasteiger partial charge on any atom is -0.370 e. The van der Waals surface area contributed by atoms with E-state index in [-0.39, 0.29) is 12.5 Å². The van der Waals surface area contributed by atoms with Crippen molar-refractivity contribution in [2.75, 3.05) is 25.1 Å². The highest BCUT2D eigenvalue weighted by atomic mass is 16.5. The van der Waals surface area contributed by atoms with Crippen LogP contribution in [0.4, 0.5) is 5.69 Å². The smallest absolute Gasteiger partial charge is 0.250 e. The highest BCUT2D eigenvalue weighted by Crippen LogP contribution is 2.19. The first-order valence-electron chi connectivity index (χ1n) is 5.99. The second kappa shape index (κ2) is 5.77. The van der Waals surface area contributed by atoms with Crippen LogP contribution in [0, 0.1) is 6.92 Å². The number of ether oxygens (including phenoxy) is 1. The zero-order chi connectivity index (χ0) is 13.8. The van der Waals surface area contributed by atoms with Crippen molar-refractivity contribution in [3.8, 4) is 0 Å². The SMILES string of the molecule is Cc1nn(C)c2ncc(NC(=O)COCCN)cc12. The van der Waals surface area contributed by atoms with E-state index in [1.54, 1.807) is 10.9 Å². The van der Waals surface area contributed by atoms with E-state index >= 15 is 0 Å². The molecule has 19 heavy (non-hydrogen) atoms. The summed E-state index contributed by atoms with van der Waals surface area (Å²) in [7, 11) is 1.83. The predicted molar refractivity (Wildman–Crippen MR) is 71.7 cm³/mol. The zero-order valence-electron chi connectivity index (χ0n) is 11.0. The number of carbonyl (C=O) groups is 1. The summed E-state index contributed by atoms with van der Waals surface area (Å²) in [5.74, 6) is -0.226. The van der Waals surface area contributed by atoms with Crippen molar-refractivity contribution in [3.05, 3.63) is 18.0 Å². The Balaban J connectivity index is 2.09. The van der Waals surface area contributed by atoms with Gasteiger partial charge in [-0.3, -0.25) is 9.48 Å². The summed E-state index contributed by atoms with van der Waals surface area (Å²) in [6.45, 7) is 2.66. The molecule has 2 rings (SSSR count). The highest BCUT2D eigenvalue weighted by molar-refractivity contribution is 5.93. The first-order chi connectivity index (χ1) is 9.11. The number of nitrogens with zero attached hydrogens (tertiary/aromatic N) is 3. The predicted octanol–water partition coefficient (Wildman–Crippen LogP) is 0.191. The van der Waals surface area contributed by atoms with Gasteiger partial charge < -0.3 is 15.8 Å². The quantitative estimate of drug-likeness (QED) is 0.751. The van der Waals surface area contributed by atoms with Crippen molar-refractivity contribution < 1.29 is 9.53 Å². The molecule has 2 aromatic heterocycles. The number of nitrogens with one attached hydrogen (secondary N) is 1. The maximum Gasteiger partial charge on any atom is 0.250 e. The van der Waals surface area contributed by atoms with Crippen molar-refractivity contribution >= 4 is 22.6 Å². The van der Waals surface area contributed by atoms with Crippen LogP contribution < -0.4 is 11.1 Å². The Morgan fingerprint density at radius 1 is 1.58 bits per heavy atom. The van der Waals surface area contributed by atoms with Gasteiger partial charge in [0.2, 0.25) is 5.91 Å². The lowest BCUT2D eigenvalue weighted by Crippen LogP contribution is -2.20.